The Kier molecular flexibility index (Phi) is 2.82. The predicted molar refractivity (Wildman–Crippen MR) is 70.4 cm³/mol. The van der Waals surface area contributed by atoms with Gasteiger partial charge in [-0.3, -0.25) is 4.79 Å². The largest absolute Gasteiger partial charge is 0.512 e. The molecule has 3 rings (SSSR count). The molecule has 0 bridgehead atoms. The average molecular weight is 243 g/mol. The molecule has 0 aromatic heterocycles. The third kappa shape index (κ3) is 1.80. The van der Waals surface area contributed by atoms with Gasteiger partial charge in [-0.15, -0.1) is 0 Å². The van der Waals surface area contributed by atoms with Gasteiger partial charge in [-0.25, -0.2) is 0 Å². The number of aliphatic hydroxyl groups is 1. The van der Waals surface area contributed by atoms with Gasteiger partial charge >= 0.3 is 0 Å². The van der Waals surface area contributed by atoms with Crippen LogP contribution >= 0.6 is 0 Å². The van der Waals surface area contributed by atoms with Crippen molar-refractivity contribution in [3.8, 4) is 0 Å². The minimum absolute atomic E-state index is 0.0955. The van der Waals surface area contributed by atoms with Crippen LogP contribution in [0.3, 0.4) is 0 Å². The number of aliphatic hydroxyl groups excluding tert-OH is 1. The van der Waals surface area contributed by atoms with E-state index in [2.05, 4.69) is 0 Å². The van der Waals surface area contributed by atoms with E-state index >= 15 is 0 Å². The van der Waals surface area contributed by atoms with Crippen LogP contribution in [0.25, 0.3) is 0 Å². The van der Waals surface area contributed by atoms with Gasteiger partial charge in [0.05, 0.1) is 0 Å². The van der Waals surface area contributed by atoms with E-state index < -0.39 is 0 Å². The van der Waals surface area contributed by atoms with Gasteiger partial charge in [-0.05, 0) is 25.0 Å². The number of benzene rings is 1. The molecule has 2 unspecified atom stereocenters. The third-order valence-electron chi connectivity index (χ3n) is 3.98. The Morgan fingerprint density at radius 3 is 2.61 bits per heavy atom. The molecule has 1 N–H and O–H groups in total. The number of carbonyl (C=O) groups is 1. The fourth-order valence-corrected chi connectivity index (χ4v) is 3.14. The molecule has 2 aliphatic rings. The summed E-state index contributed by atoms with van der Waals surface area (Å²) in [6, 6.07) is 9.87. The minimum Gasteiger partial charge on any atom is -0.512 e. The molecule has 94 valence electrons. The molecule has 2 atom stereocenters. The fourth-order valence-electron chi connectivity index (χ4n) is 3.14. The van der Waals surface area contributed by atoms with Crippen molar-refractivity contribution in [1.29, 1.82) is 0 Å². The summed E-state index contributed by atoms with van der Waals surface area (Å²) in [5.74, 6) is 0.301. The first kappa shape index (κ1) is 11.3. The minimum atomic E-state index is -0.0955. The second-order valence-electron chi connectivity index (χ2n) is 5.07. The molecule has 3 heteroatoms. The number of carbonyl (C=O) groups excluding carboxylic acids is 1. The number of fused-ring (bicyclic) bond motifs is 1. The fraction of sp³-hybridized carbons (Fsp3) is 0.400. The summed E-state index contributed by atoms with van der Waals surface area (Å²) in [7, 11) is 0. The molecule has 1 saturated carbocycles. The van der Waals surface area contributed by atoms with E-state index in [-0.39, 0.29) is 23.6 Å². The van der Waals surface area contributed by atoms with Crippen LogP contribution in [0.4, 0.5) is 5.69 Å². The van der Waals surface area contributed by atoms with Crippen LogP contribution in [0.1, 0.15) is 25.7 Å². The lowest BCUT2D eigenvalue weighted by molar-refractivity contribution is -0.115. The highest BCUT2D eigenvalue weighted by molar-refractivity contribution is 6.03. The summed E-state index contributed by atoms with van der Waals surface area (Å²) < 4.78 is 0. The normalized spacial score (nSPS) is 27.7. The number of anilines is 1. The van der Waals surface area contributed by atoms with Crippen molar-refractivity contribution < 1.29 is 9.90 Å². The van der Waals surface area contributed by atoms with Gasteiger partial charge in [0.25, 0.3) is 5.91 Å². The molecular weight excluding hydrogens is 226 g/mol. The average Bonchev–Trinajstić information content (AvgIpc) is 2.40. The molecule has 1 amide bonds. The Bertz CT molecular complexity index is 481. The maximum Gasteiger partial charge on any atom is 0.254 e. The molecule has 1 aliphatic carbocycles. The maximum absolute atomic E-state index is 12.1. The van der Waals surface area contributed by atoms with Crippen LogP contribution in [0, 0.1) is 5.92 Å². The molecular formula is C15H17NO2. The van der Waals surface area contributed by atoms with Crippen LogP contribution in [-0.4, -0.2) is 17.1 Å². The van der Waals surface area contributed by atoms with Crippen molar-refractivity contribution in [2.45, 2.75) is 31.7 Å². The predicted octanol–water partition coefficient (Wildman–Crippen LogP) is 3.03. The Hall–Kier alpha value is -1.77. The van der Waals surface area contributed by atoms with E-state index in [9.17, 15) is 9.90 Å². The zero-order valence-corrected chi connectivity index (χ0v) is 10.2. The Morgan fingerprint density at radius 1 is 1.11 bits per heavy atom. The third-order valence-corrected chi connectivity index (χ3v) is 3.98. The van der Waals surface area contributed by atoms with Crippen LogP contribution in [0.5, 0.6) is 0 Å². The molecule has 1 aromatic carbocycles. The van der Waals surface area contributed by atoms with Gasteiger partial charge in [0, 0.05) is 23.7 Å². The lowest BCUT2D eigenvalue weighted by Gasteiger charge is -2.42. The highest BCUT2D eigenvalue weighted by Crippen LogP contribution is 2.37. The SMILES string of the molecule is O=C1C=C(O)C2CCCCC2N1c1ccccc1. The number of para-hydroxylation sites is 1. The molecule has 1 aliphatic heterocycles. The van der Waals surface area contributed by atoms with Crippen molar-refractivity contribution in [3.05, 3.63) is 42.2 Å². The first-order valence-corrected chi connectivity index (χ1v) is 6.56. The summed E-state index contributed by atoms with van der Waals surface area (Å²) in [6.45, 7) is 0. The Labute approximate surface area is 107 Å². The molecule has 1 fully saturated rings. The topological polar surface area (TPSA) is 40.5 Å². The molecule has 18 heavy (non-hydrogen) atoms. The second kappa shape index (κ2) is 4.48. The van der Waals surface area contributed by atoms with Gasteiger partial charge < -0.3 is 10.0 Å². The van der Waals surface area contributed by atoms with Crippen LogP contribution < -0.4 is 4.90 Å². The summed E-state index contributed by atoms with van der Waals surface area (Å²) in [6.07, 6.45) is 5.60. The summed E-state index contributed by atoms with van der Waals surface area (Å²) in [4.78, 5) is 14.0. The quantitative estimate of drug-likeness (QED) is 0.823. The summed E-state index contributed by atoms with van der Waals surface area (Å²) in [5, 5.41) is 9.95. The van der Waals surface area contributed by atoms with E-state index in [1.807, 2.05) is 35.2 Å². The molecule has 1 heterocycles. The molecule has 0 radical (unpaired) electrons. The highest BCUT2D eigenvalue weighted by Gasteiger charge is 2.39. The first-order valence-electron chi connectivity index (χ1n) is 6.56. The second-order valence-corrected chi connectivity index (χ2v) is 5.07. The van der Waals surface area contributed by atoms with Gasteiger partial charge in [0.1, 0.15) is 5.76 Å². The van der Waals surface area contributed by atoms with Gasteiger partial charge in [0.15, 0.2) is 0 Å². The van der Waals surface area contributed by atoms with E-state index in [1.165, 1.54) is 6.08 Å². The van der Waals surface area contributed by atoms with Crippen molar-refractivity contribution >= 4 is 11.6 Å². The van der Waals surface area contributed by atoms with Crippen LogP contribution in [0.2, 0.25) is 0 Å². The van der Waals surface area contributed by atoms with Crippen molar-refractivity contribution in [2.75, 3.05) is 4.90 Å². The van der Waals surface area contributed by atoms with Crippen LogP contribution in [0.15, 0.2) is 42.2 Å². The number of nitrogens with zero attached hydrogens (tertiary/aromatic N) is 1. The van der Waals surface area contributed by atoms with Crippen molar-refractivity contribution in [3.63, 3.8) is 0 Å². The first-order chi connectivity index (χ1) is 8.77. The van der Waals surface area contributed by atoms with Gasteiger partial charge in [-0.2, -0.15) is 0 Å². The van der Waals surface area contributed by atoms with E-state index in [0.717, 1.165) is 31.4 Å². The molecule has 0 saturated heterocycles. The molecule has 1 aromatic rings. The lowest BCUT2D eigenvalue weighted by atomic mass is 9.80. The maximum atomic E-state index is 12.1. The summed E-state index contributed by atoms with van der Waals surface area (Å²) >= 11 is 0. The number of rotatable bonds is 1. The van der Waals surface area contributed by atoms with E-state index in [4.69, 9.17) is 0 Å². The van der Waals surface area contributed by atoms with Gasteiger partial charge in [-0.1, -0.05) is 31.0 Å². The summed E-state index contributed by atoms with van der Waals surface area (Å²) in [5.41, 5.74) is 0.933. The van der Waals surface area contributed by atoms with E-state index in [0.29, 0.717) is 0 Å². The number of amides is 1. The number of hydrogen-bond donors (Lipinski definition) is 1. The zero-order chi connectivity index (χ0) is 12.5. The number of hydrogen-bond acceptors (Lipinski definition) is 2. The Morgan fingerprint density at radius 2 is 1.83 bits per heavy atom. The highest BCUT2D eigenvalue weighted by atomic mass is 16.3. The van der Waals surface area contributed by atoms with Crippen molar-refractivity contribution in [2.24, 2.45) is 5.92 Å². The smallest absolute Gasteiger partial charge is 0.254 e. The van der Waals surface area contributed by atoms with Gasteiger partial charge in [0.2, 0.25) is 0 Å². The zero-order valence-electron chi connectivity index (χ0n) is 10.2. The van der Waals surface area contributed by atoms with E-state index in [1.54, 1.807) is 0 Å². The Balaban J connectivity index is 2.00. The monoisotopic (exact) mass is 243 g/mol. The molecule has 0 spiro atoms. The van der Waals surface area contributed by atoms with Crippen LogP contribution in [-0.2, 0) is 4.79 Å². The standard InChI is InChI=1S/C15H17NO2/c17-14-10-15(18)16(11-6-2-1-3-7-11)13-9-5-4-8-12(13)14/h1-3,6-7,10,12-13,17H,4-5,8-9H2. The molecule has 3 nitrogen and oxygen atoms in total. The lowest BCUT2D eigenvalue weighted by Crippen LogP contribution is -2.49. The van der Waals surface area contributed by atoms with Crippen molar-refractivity contribution in [1.82, 2.24) is 0 Å².